The average Bonchev–Trinajstić information content (AvgIpc) is 2.83. The summed E-state index contributed by atoms with van der Waals surface area (Å²) < 4.78 is 0. The van der Waals surface area contributed by atoms with Crippen LogP contribution < -0.4 is 5.32 Å². The van der Waals surface area contributed by atoms with Crippen molar-refractivity contribution in [3.8, 4) is 11.1 Å². The monoisotopic (exact) mass is 436 g/mol. The van der Waals surface area contributed by atoms with Crippen LogP contribution in [0.3, 0.4) is 0 Å². The highest BCUT2D eigenvalue weighted by atomic mass is 16.2. The van der Waals surface area contributed by atoms with Crippen LogP contribution in [0.4, 0.5) is 0 Å². The van der Waals surface area contributed by atoms with Gasteiger partial charge >= 0.3 is 0 Å². The normalized spacial score (nSPS) is 13.0. The number of benzene rings is 4. The summed E-state index contributed by atoms with van der Waals surface area (Å²) in [5.74, 6) is -0.0157. The number of aryl methyl sites for hydroxylation is 2. The third-order valence-electron chi connectivity index (χ3n) is 6.57. The Morgan fingerprint density at radius 1 is 0.848 bits per heavy atom. The summed E-state index contributed by atoms with van der Waals surface area (Å²) in [5.41, 5.74) is 5.82. The SMILES string of the molecule is CCNC(C)(c1cccc2cc(C)ccc12)N(C)C(=O)c1ccc(-c2ccc(C)cc2)cc1. The summed E-state index contributed by atoms with van der Waals surface area (Å²) in [6.07, 6.45) is 0. The van der Waals surface area contributed by atoms with Gasteiger partial charge in [-0.1, -0.05) is 90.8 Å². The summed E-state index contributed by atoms with van der Waals surface area (Å²) in [6, 6.07) is 29.1. The molecule has 0 aliphatic rings. The zero-order valence-electron chi connectivity index (χ0n) is 20.1. The number of amides is 1. The van der Waals surface area contributed by atoms with Crippen molar-refractivity contribution in [2.45, 2.75) is 33.4 Å². The van der Waals surface area contributed by atoms with Gasteiger partial charge in [-0.25, -0.2) is 0 Å². The molecule has 3 heteroatoms. The number of nitrogens with zero attached hydrogens (tertiary/aromatic N) is 1. The van der Waals surface area contributed by atoms with Gasteiger partial charge in [0.25, 0.3) is 5.91 Å². The van der Waals surface area contributed by atoms with Gasteiger partial charge in [-0.2, -0.15) is 0 Å². The number of fused-ring (bicyclic) bond motifs is 1. The van der Waals surface area contributed by atoms with Gasteiger partial charge in [0.2, 0.25) is 0 Å². The van der Waals surface area contributed by atoms with Crippen LogP contribution in [0, 0.1) is 13.8 Å². The summed E-state index contributed by atoms with van der Waals surface area (Å²) in [6.45, 7) is 9.08. The lowest BCUT2D eigenvalue weighted by molar-refractivity contribution is 0.0510. The highest BCUT2D eigenvalue weighted by molar-refractivity contribution is 5.96. The maximum atomic E-state index is 13.6. The first-order valence-electron chi connectivity index (χ1n) is 11.5. The molecule has 0 aromatic heterocycles. The fourth-order valence-corrected chi connectivity index (χ4v) is 4.51. The largest absolute Gasteiger partial charge is 0.319 e. The lowest BCUT2D eigenvalue weighted by atomic mass is 9.92. The number of nitrogens with one attached hydrogen (secondary N) is 1. The molecule has 0 heterocycles. The summed E-state index contributed by atoms with van der Waals surface area (Å²) in [7, 11) is 1.88. The lowest BCUT2D eigenvalue weighted by Crippen LogP contribution is -2.54. The van der Waals surface area contributed by atoms with Crippen molar-refractivity contribution in [2.24, 2.45) is 0 Å². The number of carbonyl (C=O) groups is 1. The average molecular weight is 437 g/mol. The highest BCUT2D eigenvalue weighted by Crippen LogP contribution is 2.33. The number of rotatable bonds is 6. The molecular weight excluding hydrogens is 404 g/mol. The molecule has 1 N–H and O–H groups in total. The van der Waals surface area contributed by atoms with Crippen molar-refractivity contribution < 1.29 is 4.79 Å². The molecule has 3 nitrogen and oxygen atoms in total. The molecule has 1 amide bonds. The van der Waals surface area contributed by atoms with Crippen molar-refractivity contribution in [1.29, 1.82) is 0 Å². The second-order valence-corrected chi connectivity index (χ2v) is 8.94. The Balaban J connectivity index is 1.69. The molecule has 4 aromatic rings. The maximum absolute atomic E-state index is 13.6. The van der Waals surface area contributed by atoms with E-state index < -0.39 is 5.66 Å². The first kappa shape index (κ1) is 22.8. The second kappa shape index (κ2) is 9.21. The van der Waals surface area contributed by atoms with E-state index in [1.54, 1.807) is 0 Å². The van der Waals surface area contributed by atoms with Crippen LogP contribution >= 0.6 is 0 Å². The molecule has 4 rings (SSSR count). The van der Waals surface area contributed by atoms with Crippen LogP contribution in [0.5, 0.6) is 0 Å². The molecule has 1 atom stereocenters. The van der Waals surface area contributed by atoms with Gasteiger partial charge in [0, 0.05) is 12.6 Å². The Labute approximate surface area is 197 Å². The molecule has 0 spiro atoms. The van der Waals surface area contributed by atoms with Gasteiger partial charge in [-0.15, -0.1) is 0 Å². The first-order valence-corrected chi connectivity index (χ1v) is 11.5. The quantitative estimate of drug-likeness (QED) is 0.342. The van der Waals surface area contributed by atoms with Crippen LogP contribution in [0.15, 0.2) is 84.9 Å². The Kier molecular flexibility index (Phi) is 6.35. The number of hydrogen-bond acceptors (Lipinski definition) is 2. The molecule has 0 saturated heterocycles. The fourth-order valence-electron chi connectivity index (χ4n) is 4.51. The molecule has 0 radical (unpaired) electrons. The van der Waals surface area contributed by atoms with Crippen molar-refractivity contribution >= 4 is 16.7 Å². The minimum absolute atomic E-state index is 0.0157. The number of hydrogen-bond donors (Lipinski definition) is 1. The zero-order chi connectivity index (χ0) is 23.6. The van der Waals surface area contributed by atoms with Gasteiger partial charge in [-0.05, 0) is 66.9 Å². The molecule has 0 bridgehead atoms. The summed E-state index contributed by atoms with van der Waals surface area (Å²) >= 11 is 0. The maximum Gasteiger partial charge on any atom is 0.255 e. The Hall–Kier alpha value is -3.43. The van der Waals surface area contributed by atoms with E-state index in [-0.39, 0.29) is 5.91 Å². The molecule has 0 aliphatic carbocycles. The van der Waals surface area contributed by atoms with Crippen LogP contribution in [-0.4, -0.2) is 24.4 Å². The molecular formula is C30H32N2O. The standard InChI is InChI=1S/C30H32N2O/c1-6-31-30(4,28-9-7-8-26-20-22(3)12-19-27(26)28)32(5)29(33)25-17-15-24(16-18-25)23-13-10-21(2)11-14-23/h7-20,31H,6H2,1-5H3. The number of carbonyl (C=O) groups excluding carboxylic acids is 1. The smallest absolute Gasteiger partial charge is 0.255 e. The summed E-state index contributed by atoms with van der Waals surface area (Å²) in [4.78, 5) is 15.4. The van der Waals surface area contributed by atoms with E-state index in [0.717, 1.165) is 28.6 Å². The Bertz CT molecular complexity index is 1280. The van der Waals surface area contributed by atoms with Gasteiger partial charge < -0.3 is 4.90 Å². The molecule has 4 aromatic carbocycles. The topological polar surface area (TPSA) is 32.3 Å². The van der Waals surface area contributed by atoms with Crippen LogP contribution in [0.2, 0.25) is 0 Å². The minimum atomic E-state index is -0.657. The fraction of sp³-hybridized carbons (Fsp3) is 0.233. The molecule has 1 unspecified atom stereocenters. The van der Waals surface area contributed by atoms with E-state index in [0.29, 0.717) is 5.56 Å². The molecule has 0 saturated carbocycles. The predicted octanol–water partition coefficient (Wildman–Crippen LogP) is 6.68. The van der Waals surface area contributed by atoms with E-state index in [4.69, 9.17) is 0 Å². The third-order valence-corrected chi connectivity index (χ3v) is 6.57. The molecule has 168 valence electrons. The van der Waals surface area contributed by atoms with Gasteiger partial charge in [0.1, 0.15) is 5.66 Å². The van der Waals surface area contributed by atoms with Crippen LogP contribution in [0.1, 0.15) is 40.9 Å². The molecule has 0 fully saturated rings. The molecule has 33 heavy (non-hydrogen) atoms. The third kappa shape index (κ3) is 4.42. The minimum Gasteiger partial charge on any atom is -0.319 e. The van der Waals surface area contributed by atoms with Crippen molar-refractivity contribution in [3.63, 3.8) is 0 Å². The lowest BCUT2D eigenvalue weighted by Gasteiger charge is -2.41. The van der Waals surface area contributed by atoms with Gasteiger partial charge in [0.05, 0.1) is 0 Å². The van der Waals surface area contributed by atoms with E-state index >= 15 is 0 Å². The Morgan fingerprint density at radius 2 is 1.45 bits per heavy atom. The zero-order valence-corrected chi connectivity index (χ0v) is 20.1. The van der Waals surface area contributed by atoms with E-state index in [1.807, 2.05) is 36.2 Å². The predicted molar refractivity (Wildman–Crippen MR) is 138 cm³/mol. The van der Waals surface area contributed by atoms with E-state index in [2.05, 4.69) is 93.7 Å². The van der Waals surface area contributed by atoms with Crippen molar-refractivity contribution in [2.75, 3.05) is 13.6 Å². The van der Waals surface area contributed by atoms with E-state index in [9.17, 15) is 4.79 Å². The van der Waals surface area contributed by atoms with E-state index in [1.165, 1.54) is 16.5 Å². The highest BCUT2D eigenvalue weighted by Gasteiger charge is 2.35. The van der Waals surface area contributed by atoms with Gasteiger partial charge in [-0.3, -0.25) is 10.1 Å². The van der Waals surface area contributed by atoms with Gasteiger partial charge in [0.15, 0.2) is 0 Å². The van der Waals surface area contributed by atoms with Crippen molar-refractivity contribution in [3.05, 3.63) is 107 Å². The first-order chi connectivity index (χ1) is 15.8. The molecule has 0 aliphatic heterocycles. The summed E-state index contributed by atoms with van der Waals surface area (Å²) in [5, 5.41) is 5.91. The van der Waals surface area contributed by atoms with Crippen LogP contribution in [0.25, 0.3) is 21.9 Å². The second-order valence-electron chi connectivity index (χ2n) is 8.94. The van der Waals surface area contributed by atoms with Crippen molar-refractivity contribution in [1.82, 2.24) is 10.2 Å². The van der Waals surface area contributed by atoms with Crippen LogP contribution in [-0.2, 0) is 5.66 Å². The Morgan fingerprint density at radius 3 is 2.09 bits per heavy atom.